The first-order valence-corrected chi connectivity index (χ1v) is 14.1. The topological polar surface area (TPSA) is 63.2 Å². The summed E-state index contributed by atoms with van der Waals surface area (Å²) in [6.07, 6.45) is -2.12. The summed E-state index contributed by atoms with van der Waals surface area (Å²) in [7, 11) is 0. The predicted octanol–water partition coefficient (Wildman–Crippen LogP) is 5.78. The van der Waals surface area contributed by atoms with Gasteiger partial charge in [0.2, 0.25) is 0 Å². The van der Waals surface area contributed by atoms with E-state index in [1.165, 1.54) is 6.92 Å². The molecule has 0 N–H and O–H groups in total. The zero-order valence-corrected chi connectivity index (χ0v) is 22.8. The molecule has 6 nitrogen and oxygen atoms in total. The zero-order chi connectivity index (χ0) is 26.6. The van der Waals surface area contributed by atoms with Gasteiger partial charge in [0.25, 0.3) is 0 Å². The lowest BCUT2D eigenvalue weighted by Crippen LogP contribution is -2.60. The first-order valence-electron chi connectivity index (χ1n) is 13.0. The lowest BCUT2D eigenvalue weighted by molar-refractivity contribution is -0.249. The summed E-state index contributed by atoms with van der Waals surface area (Å²) in [5, 5.41) is 0. The molecule has 5 atom stereocenters. The molecule has 1 aliphatic heterocycles. The van der Waals surface area contributed by atoms with Crippen molar-refractivity contribution in [2.75, 3.05) is 12.4 Å². The van der Waals surface area contributed by atoms with Gasteiger partial charge < -0.3 is 23.7 Å². The minimum absolute atomic E-state index is 0.313. The van der Waals surface area contributed by atoms with E-state index in [0.29, 0.717) is 26.4 Å². The van der Waals surface area contributed by atoms with Crippen LogP contribution in [0.5, 0.6) is 0 Å². The van der Waals surface area contributed by atoms with Crippen molar-refractivity contribution in [2.24, 2.45) is 0 Å². The monoisotopic (exact) mass is 536 g/mol. The van der Waals surface area contributed by atoms with Gasteiger partial charge in [-0.05, 0) is 22.4 Å². The van der Waals surface area contributed by atoms with Gasteiger partial charge in [-0.25, -0.2) is 0 Å². The number of benzene rings is 3. The third-order valence-corrected chi connectivity index (χ3v) is 7.23. The molecule has 1 fully saturated rings. The van der Waals surface area contributed by atoms with E-state index in [4.69, 9.17) is 23.7 Å². The van der Waals surface area contributed by atoms with Gasteiger partial charge in [0, 0.05) is 6.92 Å². The van der Waals surface area contributed by atoms with Crippen LogP contribution in [0.15, 0.2) is 91.0 Å². The second kappa shape index (κ2) is 15.0. The van der Waals surface area contributed by atoms with Crippen molar-refractivity contribution in [2.45, 2.75) is 63.5 Å². The predicted molar refractivity (Wildman–Crippen MR) is 148 cm³/mol. The highest BCUT2D eigenvalue weighted by Gasteiger charge is 2.49. The molecular weight excluding hydrogens is 500 g/mol. The number of rotatable bonds is 13. The van der Waals surface area contributed by atoms with Gasteiger partial charge in [0.05, 0.1) is 26.4 Å². The lowest BCUT2D eigenvalue weighted by atomic mass is 9.99. The number of hydrogen-bond donors (Lipinski definition) is 0. The molecule has 0 bridgehead atoms. The summed E-state index contributed by atoms with van der Waals surface area (Å²) in [6, 6.07) is 30.0. The van der Waals surface area contributed by atoms with Gasteiger partial charge in [-0.1, -0.05) is 97.9 Å². The van der Waals surface area contributed by atoms with Crippen LogP contribution in [0, 0.1) is 0 Å². The van der Waals surface area contributed by atoms with Gasteiger partial charge in [-0.3, -0.25) is 4.79 Å². The van der Waals surface area contributed by atoms with Crippen LogP contribution in [0.2, 0.25) is 0 Å². The van der Waals surface area contributed by atoms with Crippen molar-refractivity contribution in [3.05, 3.63) is 108 Å². The molecule has 0 aliphatic carbocycles. The van der Waals surface area contributed by atoms with Crippen LogP contribution in [0.4, 0.5) is 0 Å². The van der Waals surface area contributed by atoms with Crippen molar-refractivity contribution >= 4 is 17.7 Å². The van der Waals surface area contributed by atoms with Crippen LogP contribution in [-0.2, 0) is 48.3 Å². The Morgan fingerprint density at radius 2 is 1.24 bits per heavy atom. The molecule has 0 amide bonds. The van der Waals surface area contributed by atoms with Crippen LogP contribution in [0.3, 0.4) is 0 Å². The van der Waals surface area contributed by atoms with Crippen molar-refractivity contribution < 1.29 is 28.5 Å². The third-order valence-electron chi connectivity index (χ3n) is 6.19. The Hall–Kier alpha value is -2.68. The molecule has 1 aliphatic rings. The van der Waals surface area contributed by atoms with Crippen molar-refractivity contribution in [1.29, 1.82) is 0 Å². The molecule has 7 heteroatoms. The summed E-state index contributed by atoms with van der Waals surface area (Å²) >= 11 is 1.59. The van der Waals surface area contributed by atoms with Crippen LogP contribution in [0.25, 0.3) is 0 Å². The number of carbonyl (C=O) groups excluding carboxylic acids is 1. The average Bonchev–Trinajstić information content (AvgIpc) is 2.94. The number of ether oxygens (including phenoxy) is 5. The van der Waals surface area contributed by atoms with E-state index >= 15 is 0 Å². The summed E-state index contributed by atoms with van der Waals surface area (Å²) in [5.41, 5.74) is 2.73. The molecule has 3 aromatic rings. The smallest absolute Gasteiger partial charge is 0.303 e. The fraction of sp³-hybridized carbons (Fsp3) is 0.387. The summed E-state index contributed by atoms with van der Waals surface area (Å²) in [6.45, 7) is 4.96. The largest absolute Gasteiger partial charge is 0.456 e. The molecule has 0 aromatic heterocycles. The fourth-order valence-corrected chi connectivity index (χ4v) is 5.37. The van der Waals surface area contributed by atoms with E-state index in [1.54, 1.807) is 11.8 Å². The maximum atomic E-state index is 12.2. The van der Waals surface area contributed by atoms with Gasteiger partial charge >= 0.3 is 5.97 Å². The standard InChI is InChI=1S/C31H36O6S/c1-3-38-31-30(36-23(2)32)29(35-21-26-17-11-6-12-18-26)28(34-20-25-15-9-5-10-16-25)27(37-31)22-33-19-24-13-7-4-8-14-24/h4-18,27-31H,3,19-22H2,1-2H3/t27-,28-,29+,30-,31?/m1/s1. The maximum absolute atomic E-state index is 12.2. The Balaban J connectivity index is 1.58. The van der Waals surface area contributed by atoms with Crippen LogP contribution < -0.4 is 0 Å². The van der Waals surface area contributed by atoms with Crippen molar-refractivity contribution in [3.63, 3.8) is 0 Å². The minimum Gasteiger partial charge on any atom is -0.456 e. The van der Waals surface area contributed by atoms with E-state index in [0.717, 1.165) is 22.4 Å². The van der Waals surface area contributed by atoms with Gasteiger partial charge in [-0.2, -0.15) is 0 Å². The Bertz CT molecular complexity index is 1080. The first kappa shape index (κ1) is 28.3. The molecule has 0 spiro atoms. The van der Waals surface area contributed by atoms with E-state index in [9.17, 15) is 4.79 Å². The maximum Gasteiger partial charge on any atom is 0.303 e. The Kier molecular flexibility index (Phi) is 11.2. The number of esters is 1. The minimum atomic E-state index is -0.632. The summed E-state index contributed by atoms with van der Waals surface area (Å²) < 4.78 is 31.5. The average molecular weight is 537 g/mol. The highest BCUT2D eigenvalue weighted by molar-refractivity contribution is 7.99. The fourth-order valence-electron chi connectivity index (χ4n) is 4.42. The number of thioether (sulfide) groups is 1. The molecule has 38 heavy (non-hydrogen) atoms. The van der Waals surface area contributed by atoms with Crippen molar-refractivity contribution in [1.82, 2.24) is 0 Å². The molecule has 1 unspecified atom stereocenters. The second-order valence-electron chi connectivity index (χ2n) is 9.10. The quantitative estimate of drug-likeness (QED) is 0.257. The Labute approximate surface area is 229 Å². The SMILES string of the molecule is CCSC1O[C@H](COCc2ccccc2)[C@@H](OCc2ccccc2)[C@H](OCc2ccccc2)[C@H]1OC(C)=O. The van der Waals surface area contributed by atoms with E-state index in [2.05, 4.69) is 6.92 Å². The second-order valence-corrected chi connectivity index (χ2v) is 10.5. The summed E-state index contributed by atoms with van der Waals surface area (Å²) in [4.78, 5) is 12.2. The van der Waals surface area contributed by atoms with E-state index in [1.807, 2.05) is 91.0 Å². The molecule has 0 saturated carbocycles. The molecule has 3 aromatic carbocycles. The highest BCUT2D eigenvalue weighted by atomic mass is 32.2. The van der Waals surface area contributed by atoms with E-state index < -0.39 is 29.9 Å². The molecule has 1 heterocycles. The molecule has 202 valence electrons. The molecule has 0 radical (unpaired) electrons. The number of hydrogen-bond acceptors (Lipinski definition) is 7. The third kappa shape index (κ3) is 8.41. The van der Waals surface area contributed by atoms with Gasteiger partial charge in [0.1, 0.15) is 23.7 Å². The van der Waals surface area contributed by atoms with Crippen molar-refractivity contribution in [3.8, 4) is 0 Å². The summed E-state index contributed by atoms with van der Waals surface area (Å²) in [5.74, 6) is 0.412. The van der Waals surface area contributed by atoms with Crippen LogP contribution in [-0.4, -0.2) is 48.2 Å². The molecule has 1 saturated heterocycles. The molecule has 4 rings (SSSR count). The van der Waals surface area contributed by atoms with E-state index in [-0.39, 0.29) is 5.97 Å². The van der Waals surface area contributed by atoms with Gasteiger partial charge in [0.15, 0.2) is 6.10 Å². The first-order chi connectivity index (χ1) is 18.6. The molecular formula is C31H36O6S. The Morgan fingerprint density at radius 3 is 1.74 bits per heavy atom. The Morgan fingerprint density at radius 1 is 0.737 bits per heavy atom. The highest BCUT2D eigenvalue weighted by Crippen LogP contribution is 2.35. The lowest BCUT2D eigenvalue weighted by Gasteiger charge is -2.45. The van der Waals surface area contributed by atoms with Gasteiger partial charge in [-0.15, -0.1) is 11.8 Å². The zero-order valence-electron chi connectivity index (χ0n) is 21.9. The normalized spacial score (nSPS) is 23.2. The number of carbonyl (C=O) groups is 1. The van der Waals surface area contributed by atoms with Crippen LogP contribution >= 0.6 is 11.8 Å². The van der Waals surface area contributed by atoms with Crippen LogP contribution in [0.1, 0.15) is 30.5 Å².